The molecule has 0 amide bonds. The number of aryl methyl sites for hydroxylation is 1. The number of nitro groups is 1. The SMILES string of the molecule is COc1ccc(COc2cccc(C)c2F)cc1[N+](=O)[O-]. The molecule has 0 atom stereocenters. The van der Waals surface area contributed by atoms with Gasteiger partial charge >= 0.3 is 5.69 Å². The molecule has 0 aliphatic heterocycles. The highest BCUT2D eigenvalue weighted by Gasteiger charge is 2.15. The van der Waals surface area contributed by atoms with Crippen LogP contribution in [0.15, 0.2) is 36.4 Å². The number of rotatable bonds is 5. The van der Waals surface area contributed by atoms with E-state index in [1.807, 2.05) is 0 Å². The summed E-state index contributed by atoms with van der Waals surface area (Å²) in [6.07, 6.45) is 0. The van der Waals surface area contributed by atoms with Crippen LogP contribution in [-0.4, -0.2) is 12.0 Å². The van der Waals surface area contributed by atoms with Gasteiger partial charge in [-0.1, -0.05) is 18.2 Å². The second-order valence-corrected chi connectivity index (χ2v) is 4.44. The first-order valence-corrected chi connectivity index (χ1v) is 6.22. The van der Waals surface area contributed by atoms with Gasteiger partial charge in [0.05, 0.1) is 12.0 Å². The number of nitrogens with zero attached hydrogens (tertiary/aromatic N) is 1. The third kappa shape index (κ3) is 3.28. The molecule has 0 N–H and O–H groups in total. The topological polar surface area (TPSA) is 61.6 Å². The van der Waals surface area contributed by atoms with E-state index >= 15 is 0 Å². The molecule has 2 rings (SSSR count). The Balaban J connectivity index is 2.19. The molecule has 6 heteroatoms. The monoisotopic (exact) mass is 291 g/mol. The Labute approximate surface area is 121 Å². The zero-order valence-corrected chi connectivity index (χ0v) is 11.6. The summed E-state index contributed by atoms with van der Waals surface area (Å²) in [5.74, 6) is -0.139. The van der Waals surface area contributed by atoms with Gasteiger partial charge in [-0.3, -0.25) is 10.1 Å². The molecular weight excluding hydrogens is 277 g/mol. The maximum absolute atomic E-state index is 13.8. The molecule has 0 unspecified atom stereocenters. The number of ether oxygens (including phenoxy) is 2. The Kier molecular flexibility index (Phi) is 4.37. The first-order chi connectivity index (χ1) is 10.0. The van der Waals surface area contributed by atoms with Crippen LogP contribution >= 0.6 is 0 Å². The van der Waals surface area contributed by atoms with E-state index in [9.17, 15) is 14.5 Å². The summed E-state index contributed by atoms with van der Waals surface area (Å²) < 4.78 is 24.1. The first-order valence-electron chi connectivity index (χ1n) is 6.22. The van der Waals surface area contributed by atoms with Crippen molar-refractivity contribution < 1.29 is 18.8 Å². The van der Waals surface area contributed by atoms with Crippen LogP contribution in [0.25, 0.3) is 0 Å². The van der Waals surface area contributed by atoms with E-state index in [-0.39, 0.29) is 23.8 Å². The molecule has 5 nitrogen and oxygen atoms in total. The van der Waals surface area contributed by atoms with Crippen molar-refractivity contribution in [3.05, 3.63) is 63.5 Å². The minimum atomic E-state index is -0.532. The summed E-state index contributed by atoms with van der Waals surface area (Å²) in [7, 11) is 1.36. The number of halogens is 1. The van der Waals surface area contributed by atoms with Gasteiger partial charge in [0.2, 0.25) is 0 Å². The zero-order valence-electron chi connectivity index (χ0n) is 11.6. The molecule has 0 aliphatic rings. The van der Waals surface area contributed by atoms with Crippen molar-refractivity contribution >= 4 is 5.69 Å². The second-order valence-electron chi connectivity index (χ2n) is 4.44. The predicted octanol–water partition coefficient (Wildman–Crippen LogP) is 3.63. The third-order valence-corrected chi connectivity index (χ3v) is 2.99. The summed E-state index contributed by atoms with van der Waals surface area (Å²) >= 11 is 0. The van der Waals surface area contributed by atoms with E-state index in [1.54, 1.807) is 25.1 Å². The molecule has 110 valence electrons. The van der Waals surface area contributed by atoms with Gasteiger partial charge in [0.25, 0.3) is 0 Å². The van der Waals surface area contributed by atoms with Crippen molar-refractivity contribution in [3.8, 4) is 11.5 Å². The molecule has 0 saturated heterocycles. The predicted molar refractivity (Wildman–Crippen MR) is 75.1 cm³/mol. The molecule has 0 bridgehead atoms. The van der Waals surface area contributed by atoms with Crippen molar-refractivity contribution in [1.29, 1.82) is 0 Å². The van der Waals surface area contributed by atoms with Crippen molar-refractivity contribution in [1.82, 2.24) is 0 Å². The summed E-state index contributed by atoms with van der Waals surface area (Å²) in [6, 6.07) is 9.32. The molecule has 0 aromatic heterocycles. The van der Waals surface area contributed by atoms with E-state index in [4.69, 9.17) is 9.47 Å². The Morgan fingerprint density at radius 3 is 2.67 bits per heavy atom. The zero-order chi connectivity index (χ0) is 15.4. The largest absolute Gasteiger partial charge is 0.490 e. The summed E-state index contributed by atoms with van der Waals surface area (Å²) in [5, 5.41) is 10.9. The average molecular weight is 291 g/mol. The molecule has 21 heavy (non-hydrogen) atoms. The Morgan fingerprint density at radius 2 is 2.00 bits per heavy atom. The van der Waals surface area contributed by atoms with Gasteiger partial charge in [-0.15, -0.1) is 0 Å². The van der Waals surface area contributed by atoms with Gasteiger partial charge in [0.1, 0.15) is 6.61 Å². The van der Waals surface area contributed by atoms with E-state index in [1.165, 1.54) is 25.3 Å². The summed E-state index contributed by atoms with van der Waals surface area (Å²) in [4.78, 5) is 10.4. The van der Waals surface area contributed by atoms with Gasteiger partial charge in [0, 0.05) is 6.07 Å². The van der Waals surface area contributed by atoms with Gasteiger partial charge in [-0.25, -0.2) is 4.39 Å². The Hall–Kier alpha value is -2.63. The normalized spacial score (nSPS) is 10.2. The van der Waals surface area contributed by atoms with Gasteiger partial charge in [0.15, 0.2) is 17.3 Å². The number of nitro benzene ring substituents is 1. The number of methoxy groups -OCH3 is 1. The number of benzene rings is 2. The molecule has 0 aliphatic carbocycles. The van der Waals surface area contributed by atoms with E-state index in [2.05, 4.69) is 0 Å². The molecule has 0 radical (unpaired) electrons. The van der Waals surface area contributed by atoms with Crippen LogP contribution in [0.3, 0.4) is 0 Å². The molecule has 0 heterocycles. The van der Waals surface area contributed by atoms with Crippen LogP contribution in [0.4, 0.5) is 10.1 Å². The fourth-order valence-corrected chi connectivity index (χ4v) is 1.86. The molecule has 0 saturated carbocycles. The number of hydrogen-bond acceptors (Lipinski definition) is 4. The fraction of sp³-hybridized carbons (Fsp3) is 0.200. The maximum atomic E-state index is 13.8. The molecule has 2 aromatic rings. The lowest BCUT2D eigenvalue weighted by Crippen LogP contribution is -2.00. The van der Waals surface area contributed by atoms with E-state index in [0.29, 0.717) is 11.1 Å². The minimum Gasteiger partial charge on any atom is -0.490 e. The Bertz CT molecular complexity index is 673. The average Bonchev–Trinajstić information content (AvgIpc) is 2.48. The van der Waals surface area contributed by atoms with Crippen molar-refractivity contribution in [2.45, 2.75) is 13.5 Å². The second kappa shape index (κ2) is 6.21. The van der Waals surface area contributed by atoms with Crippen LogP contribution in [-0.2, 0) is 6.61 Å². The molecule has 2 aromatic carbocycles. The van der Waals surface area contributed by atoms with Gasteiger partial charge < -0.3 is 9.47 Å². The fourth-order valence-electron chi connectivity index (χ4n) is 1.86. The number of hydrogen-bond donors (Lipinski definition) is 0. The van der Waals surface area contributed by atoms with Crippen LogP contribution in [0.2, 0.25) is 0 Å². The lowest BCUT2D eigenvalue weighted by molar-refractivity contribution is -0.385. The van der Waals surface area contributed by atoms with E-state index in [0.717, 1.165) is 0 Å². The lowest BCUT2D eigenvalue weighted by Gasteiger charge is -2.09. The molecule has 0 fully saturated rings. The smallest absolute Gasteiger partial charge is 0.311 e. The molecule has 0 spiro atoms. The van der Waals surface area contributed by atoms with Gasteiger partial charge in [-0.05, 0) is 30.2 Å². The highest BCUT2D eigenvalue weighted by molar-refractivity contribution is 5.48. The standard InChI is InChI=1S/C15H14FNO4/c1-10-4-3-5-14(15(10)16)21-9-11-6-7-13(20-2)12(8-11)17(18)19/h3-8H,9H2,1-2H3. The van der Waals surface area contributed by atoms with Crippen molar-refractivity contribution in [2.24, 2.45) is 0 Å². The Morgan fingerprint density at radius 1 is 1.24 bits per heavy atom. The quantitative estimate of drug-likeness (QED) is 0.623. The third-order valence-electron chi connectivity index (χ3n) is 2.99. The van der Waals surface area contributed by atoms with Gasteiger partial charge in [-0.2, -0.15) is 0 Å². The molecular formula is C15H14FNO4. The maximum Gasteiger partial charge on any atom is 0.311 e. The summed E-state index contributed by atoms with van der Waals surface area (Å²) in [5.41, 5.74) is 0.889. The van der Waals surface area contributed by atoms with E-state index < -0.39 is 10.7 Å². The van der Waals surface area contributed by atoms with Crippen LogP contribution < -0.4 is 9.47 Å². The summed E-state index contributed by atoms with van der Waals surface area (Å²) in [6.45, 7) is 1.67. The highest BCUT2D eigenvalue weighted by Crippen LogP contribution is 2.28. The highest BCUT2D eigenvalue weighted by atomic mass is 19.1. The van der Waals surface area contributed by atoms with Crippen LogP contribution in [0.1, 0.15) is 11.1 Å². The first kappa shape index (κ1) is 14.8. The lowest BCUT2D eigenvalue weighted by atomic mass is 10.2. The van der Waals surface area contributed by atoms with Crippen LogP contribution in [0, 0.1) is 22.9 Å². The minimum absolute atomic E-state index is 0.0329. The van der Waals surface area contributed by atoms with Crippen molar-refractivity contribution in [2.75, 3.05) is 7.11 Å². The van der Waals surface area contributed by atoms with Crippen molar-refractivity contribution in [3.63, 3.8) is 0 Å². The van der Waals surface area contributed by atoms with Crippen LogP contribution in [0.5, 0.6) is 11.5 Å².